The van der Waals surface area contributed by atoms with Crippen LogP contribution in [0.4, 0.5) is 38.1 Å². The summed E-state index contributed by atoms with van der Waals surface area (Å²) in [5.41, 5.74) is -3.33. The van der Waals surface area contributed by atoms with E-state index in [-0.39, 0.29) is 30.8 Å². The Morgan fingerprint density at radius 2 is 1.97 bits per heavy atom. The summed E-state index contributed by atoms with van der Waals surface area (Å²) in [5, 5.41) is 0. The maximum absolute atomic E-state index is 13.9. The summed E-state index contributed by atoms with van der Waals surface area (Å²) >= 11 is 0. The van der Waals surface area contributed by atoms with E-state index in [4.69, 9.17) is 0 Å². The summed E-state index contributed by atoms with van der Waals surface area (Å²) in [6.07, 6.45) is -8.95. The molecule has 1 saturated carbocycles. The van der Waals surface area contributed by atoms with Crippen LogP contribution in [0.1, 0.15) is 25.5 Å². The molecule has 166 valence electrons. The highest BCUT2D eigenvalue weighted by molar-refractivity contribution is 5.70. The van der Waals surface area contributed by atoms with Crippen LogP contribution in [0.2, 0.25) is 0 Å². The van der Waals surface area contributed by atoms with Gasteiger partial charge in [-0.2, -0.15) is 31.3 Å². The van der Waals surface area contributed by atoms with Gasteiger partial charge in [-0.1, -0.05) is 0 Å². The van der Waals surface area contributed by atoms with Crippen LogP contribution in [0, 0.1) is 17.3 Å². The van der Waals surface area contributed by atoms with Gasteiger partial charge >= 0.3 is 18.3 Å². The van der Waals surface area contributed by atoms with Crippen molar-refractivity contribution in [2.24, 2.45) is 17.3 Å². The number of aromatic nitrogens is 2. The molecule has 3 heterocycles. The molecular formula is C18H20F6N4O2. The van der Waals surface area contributed by atoms with Crippen molar-refractivity contribution in [3.05, 3.63) is 11.8 Å². The number of methoxy groups -OCH3 is 1. The van der Waals surface area contributed by atoms with E-state index in [0.717, 1.165) is 13.5 Å². The highest BCUT2D eigenvalue weighted by atomic mass is 19.4. The molecule has 0 aromatic carbocycles. The number of alkyl halides is 6. The van der Waals surface area contributed by atoms with Crippen molar-refractivity contribution in [1.82, 2.24) is 9.97 Å². The van der Waals surface area contributed by atoms with Gasteiger partial charge in [-0.3, -0.25) is 4.79 Å². The number of anilines is 2. The predicted molar refractivity (Wildman–Crippen MR) is 92.8 cm³/mol. The van der Waals surface area contributed by atoms with E-state index in [1.165, 1.54) is 4.90 Å². The maximum Gasteiger partial charge on any atom is 0.433 e. The molecule has 0 N–H and O–H groups in total. The first-order valence-corrected chi connectivity index (χ1v) is 9.50. The van der Waals surface area contributed by atoms with Gasteiger partial charge in [0.1, 0.15) is 5.82 Å². The van der Waals surface area contributed by atoms with Crippen molar-refractivity contribution in [3.63, 3.8) is 0 Å². The number of carbonyl (C=O) groups is 1. The SMILES string of the molecule is COC(=O)CC1C2CN(c3cc(C(F)(F)F)nc(N4CC[C@@H]4C)n3)CC12C(F)(F)F. The third-order valence-corrected chi connectivity index (χ3v) is 6.60. The predicted octanol–water partition coefficient (Wildman–Crippen LogP) is 3.27. The van der Waals surface area contributed by atoms with Gasteiger partial charge in [0.2, 0.25) is 5.95 Å². The molecule has 0 radical (unpaired) electrons. The van der Waals surface area contributed by atoms with Crippen molar-refractivity contribution in [2.75, 3.05) is 36.5 Å². The van der Waals surface area contributed by atoms with Gasteiger partial charge in [0.05, 0.1) is 12.5 Å². The lowest BCUT2D eigenvalue weighted by atomic mass is 10.0. The maximum atomic E-state index is 13.9. The van der Waals surface area contributed by atoms with E-state index >= 15 is 0 Å². The Morgan fingerprint density at radius 1 is 1.27 bits per heavy atom. The molecule has 4 atom stereocenters. The molecule has 0 bridgehead atoms. The number of esters is 1. The minimum absolute atomic E-state index is 0.0423. The number of carbonyl (C=O) groups excluding carboxylic acids is 1. The van der Waals surface area contributed by atoms with Crippen LogP contribution in [0.25, 0.3) is 0 Å². The number of hydrogen-bond acceptors (Lipinski definition) is 6. The highest BCUT2D eigenvalue weighted by Gasteiger charge is 2.81. The van der Waals surface area contributed by atoms with Crippen molar-refractivity contribution >= 4 is 17.7 Å². The molecule has 3 aliphatic rings. The van der Waals surface area contributed by atoms with Crippen LogP contribution in [-0.4, -0.2) is 54.9 Å². The number of ether oxygens (including phenoxy) is 1. The van der Waals surface area contributed by atoms with Gasteiger partial charge in [-0.15, -0.1) is 0 Å². The first-order valence-electron chi connectivity index (χ1n) is 9.50. The monoisotopic (exact) mass is 438 g/mol. The van der Waals surface area contributed by atoms with Crippen LogP contribution in [0.15, 0.2) is 6.07 Å². The number of fused-ring (bicyclic) bond motifs is 1. The summed E-state index contributed by atoms with van der Waals surface area (Å²) in [6, 6.07) is 0.650. The van der Waals surface area contributed by atoms with Crippen molar-refractivity contribution < 1.29 is 35.9 Å². The van der Waals surface area contributed by atoms with Crippen LogP contribution in [0.3, 0.4) is 0 Å². The molecule has 0 amide bonds. The lowest BCUT2D eigenvalue weighted by Gasteiger charge is -2.39. The third-order valence-electron chi connectivity index (χ3n) is 6.60. The Labute approximate surface area is 168 Å². The second-order valence-corrected chi connectivity index (χ2v) is 8.15. The molecule has 2 aliphatic heterocycles. The molecule has 4 rings (SSSR count). The third kappa shape index (κ3) is 3.15. The minimum Gasteiger partial charge on any atom is -0.469 e. The zero-order valence-corrected chi connectivity index (χ0v) is 16.2. The Hall–Kier alpha value is -2.27. The van der Waals surface area contributed by atoms with Crippen LogP contribution >= 0.6 is 0 Å². The van der Waals surface area contributed by atoms with Crippen molar-refractivity contribution in [1.29, 1.82) is 0 Å². The lowest BCUT2D eigenvalue weighted by molar-refractivity contribution is -0.189. The lowest BCUT2D eigenvalue weighted by Crippen LogP contribution is -2.47. The Kier molecular flexibility index (Phi) is 4.62. The second-order valence-electron chi connectivity index (χ2n) is 8.15. The summed E-state index contributed by atoms with van der Waals surface area (Å²) in [4.78, 5) is 22.1. The minimum atomic E-state index is -4.75. The molecule has 3 fully saturated rings. The van der Waals surface area contributed by atoms with Gasteiger partial charge in [-0.05, 0) is 25.2 Å². The smallest absolute Gasteiger partial charge is 0.433 e. The summed E-state index contributed by atoms with van der Waals surface area (Å²) in [5.74, 6) is -2.89. The number of halogens is 6. The van der Waals surface area contributed by atoms with Gasteiger partial charge in [0.15, 0.2) is 5.69 Å². The van der Waals surface area contributed by atoms with Gasteiger partial charge in [0.25, 0.3) is 0 Å². The highest BCUT2D eigenvalue weighted by Crippen LogP contribution is 2.72. The van der Waals surface area contributed by atoms with E-state index in [9.17, 15) is 31.1 Å². The molecule has 6 nitrogen and oxygen atoms in total. The number of hydrogen-bond donors (Lipinski definition) is 0. The number of nitrogens with zero attached hydrogens (tertiary/aromatic N) is 4. The van der Waals surface area contributed by atoms with Crippen molar-refractivity contribution in [2.45, 2.75) is 38.2 Å². The largest absolute Gasteiger partial charge is 0.469 e. The van der Waals surface area contributed by atoms with Crippen LogP contribution in [0.5, 0.6) is 0 Å². The van der Waals surface area contributed by atoms with Gasteiger partial charge < -0.3 is 14.5 Å². The molecule has 12 heteroatoms. The molecule has 1 aromatic heterocycles. The van der Waals surface area contributed by atoms with Crippen molar-refractivity contribution in [3.8, 4) is 0 Å². The normalized spacial score (nSPS) is 30.7. The van der Waals surface area contributed by atoms with Gasteiger partial charge in [0, 0.05) is 38.2 Å². The molecule has 30 heavy (non-hydrogen) atoms. The quantitative estimate of drug-likeness (QED) is 0.531. The first kappa shape index (κ1) is 21.0. The number of rotatable bonds is 4. The van der Waals surface area contributed by atoms with E-state index in [1.54, 1.807) is 4.90 Å². The zero-order valence-electron chi connectivity index (χ0n) is 16.2. The van der Waals surface area contributed by atoms with Crippen LogP contribution < -0.4 is 9.80 Å². The standard InChI is InChI=1S/C18H20F6N4O2/c1-9-3-4-28(9)15-25-12(17(19,20)21)6-13(26-15)27-7-11-10(5-14(29)30-2)16(11,8-27)18(22,23)24/h6,9-11H,3-5,7-8H2,1-2H3/t9-,10?,11?,16?/m0/s1. The van der Waals surface area contributed by atoms with E-state index < -0.39 is 47.8 Å². The van der Waals surface area contributed by atoms with Gasteiger partial charge in [-0.25, -0.2) is 4.98 Å². The Morgan fingerprint density at radius 3 is 2.43 bits per heavy atom. The molecular weight excluding hydrogens is 418 g/mol. The Balaban J connectivity index is 1.64. The molecule has 0 spiro atoms. The summed E-state index contributed by atoms with van der Waals surface area (Å²) < 4.78 is 86.2. The molecule has 3 unspecified atom stereocenters. The fraction of sp³-hybridized carbons (Fsp3) is 0.722. The second kappa shape index (κ2) is 6.61. The van der Waals surface area contributed by atoms with E-state index in [1.807, 2.05) is 6.92 Å². The van der Waals surface area contributed by atoms with E-state index in [2.05, 4.69) is 14.7 Å². The molecule has 2 saturated heterocycles. The fourth-order valence-electron chi connectivity index (χ4n) is 4.69. The topological polar surface area (TPSA) is 58.6 Å². The first-order chi connectivity index (χ1) is 13.9. The van der Waals surface area contributed by atoms with Crippen LogP contribution in [-0.2, 0) is 15.7 Å². The zero-order chi connectivity index (χ0) is 22.1. The average molecular weight is 438 g/mol. The number of piperidine rings is 1. The average Bonchev–Trinajstić information content (AvgIpc) is 3.05. The molecule has 1 aromatic rings. The Bertz CT molecular complexity index is 860. The van der Waals surface area contributed by atoms with E-state index in [0.29, 0.717) is 12.6 Å². The molecule has 1 aliphatic carbocycles. The summed E-state index contributed by atoms with van der Waals surface area (Å²) in [6.45, 7) is 1.61. The fourth-order valence-corrected chi connectivity index (χ4v) is 4.69. The summed E-state index contributed by atoms with van der Waals surface area (Å²) in [7, 11) is 1.10.